The Morgan fingerprint density at radius 3 is 2.52 bits per heavy atom. The van der Waals surface area contributed by atoms with Crippen LogP contribution in [0.5, 0.6) is 5.75 Å². The largest absolute Gasteiger partial charge is 0.481 e. The maximum absolute atomic E-state index is 12.3. The predicted octanol–water partition coefficient (Wildman–Crippen LogP) is 3.79. The molecular formula is C21H27NO3. The molecule has 0 bridgehead atoms. The quantitative estimate of drug-likeness (QED) is 0.706. The number of rotatable bonds is 9. The second-order valence-electron chi connectivity index (χ2n) is 6.09. The van der Waals surface area contributed by atoms with Crippen LogP contribution in [0.25, 0.3) is 0 Å². The summed E-state index contributed by atoms with van der Waals surface area (Å²) >= 11 is 0. The second kappa shape index (κ2) is 9.84. The van der Waals surface area contributed by atoms with Crippen LogP contribution < -0.4 is 10.1 Å². The Hall–Kier alpha value is -2.33. The van der Waals surface area contributed by atoms with Crippen LogP contribution >= 0.6 is 0 Å². The first-order valence-electron chi connectivity index (χ1n) is 8.73. The van der Waals surface area contributed by atoms with E-state index >= 15 is 0 Å². The maximum atomic E-state index is 12.3. The lowest BCUT2D eigenvalue weighted by molar-refractivity contribution is -0.128. The third-order valence-electron chi connectivity index (χ3n) is 4.08. The second-order valence-corrected chi connectivity index (χ2v) is 6.09. The smallest absolute Gasteiger partial charge is 0.261 e. The highest BCUT2D eigenvalue weighted by molar-refractivity contribution is 5.81. The van der Waals surface area contributed by atoms with E-state index in [0.717, 1.165) is 16.9 Å². The van der Waals surface area contributed by atoms with Crippen molar-refractivity contribution >= 4 is 5.91 Å². The highest BCUT2D eigenvalue weighted by Crippen LogP contribution is 2.18. The number of carbonyl (C=O) groups excluding carboxylic acids is 1. The minimum absolute atomic E-state index is 0.107. The molecule has 0 heterocycles. The molecule has 4 heteroatoms. The lowest BCUT2D eigenvalue weighted by Crippen LogP contribution is -2.39. The van der Waals surface area contributed by atoms with Crippen molar-refractivity contribution in [3.05, 3.63) is 65.2 Å². The van der Waals surface area contributed by atoms with Gasteiger partial charge < -0.3 is 14.8 Å². The molecule has 0 saturated heterocycles. The van der Waals surface area contributed by atoms with E-state index in [1.54, 1.807) is 0 Å². The molecule has 0 aromatic heterocycles. The van der Waals surface area contributed by atoms with Crippen LogP contribution in [0.4, 0.5) is 0 Å². The molecule has 1 N–H and O–H groups in total. The molecule has 0 aliphatic heterocycles. The predicted molar refractivity (Wildman–Crippen MR) is 99.7 cm³/mol. The molecule has 2 aromatic rings. The third kappa shape index (κ3) is 6.24. The molecule has 25 heavy (non-hydrogen) atoms. The van der Waals surface area contributed by atoms with E-state index in [9.17, 15) is 4.79 Å². The SMILES string of the molecule is CCC(Oc1ccc(C)c(C)c1)C(=O)NCCOCc1ccccc1. The topological polar surface area (TPSA) is 47.6 Å². The highest BCUT2D eigenvalue weighted by Gasteiger charge is 2.18. The van der Waals surface area contributed by atoms with Crippen molar-refractivity contribution in [2.75, 3.05) is 13.2 Å². The van der Waals surface area contributed by atoms with Gasteiger partial charge in [-0.2, -0.15) is 0 Å². The Morgan fingerprint density at radius 1 is 1.08 bits per heavy atom. The minimum Gasteiger partial charge on any atom is -0.481 e. The van der Waals surface area contributed by atoms with Gasteiger partial charge in [-0.25, -0.2) is 0 Å². The Bertz CT molecular complexity index is 670. The zero-order valence-electron chi connectivity index (χ0n) is 15.2. The fourth-order valence-electron chi connectivity index (χ4n) is 2.40. The van der Waals surface area contributed by atoms with Gasteiger partial charge >= 0.3 is 0 Å². The number of aryl methyl sites for hydroxylation is 2. The maximum Gasteiger partial charge on any atom is 0.261 e. The van der Waals surface area contributed by atoms with Gasteiger partial charge in [-0.1, -0.05) is 43.3 Å². The van der Waals surface area contributed by atoms with Gasteiger partial charge in [0.15, 0.2) is 6.10 Å². The Kier molecular flexibility index (Phi) is 7.48. The van der Waals surface area contributed by atoms with Gasteiger partial charge in [0.2, 0.25) is 0 Å². The zero-order valence-corrected chi connectivity index (χ0v) is 15.2. The molecule has 0 aliphatic rings. The van der Waals surface area contributed by atoms with Crippen LogP contribution in [0.1, 0.15) is 30.0 Å². The van der Waals surface area contributed by atoms with Crippen molar-refractivity contribution < 1.29 is 14.3 Å². The molecule has 0 aliphatic carbocycles. The number of hydrogen-bond acceptors (Lipinski definition) is 3. The number of benzene rings is 2. The molecule has 1 atom stereocenters. The summed E-state index contributed by atoms with van der Waals surface area (Å²) in [6.45, 7) is 7.52. The summed E-state index contributed by atoms with van der Waals surface area (Å²) in [5, 5.41) is 2.88. The summed E-state index contributed by atoms with van der Waals surface area (Å²) in [7, 11) is 0. The average molecular weight is 341 g/mol. The number of nitrogens with one attached hydrogen (secondary N) is 1. The van der Waals surface area contributed by atoms with Crippen LogP contribution in [-0.4, -0.2) is 25.2 Å². The third-order valence-corrected chi connectivity index (χ3v) is 4.08. The van der Waals surface area contributed by atoms with Gasteiger partial charge in [-0.3, -0.25) is 4.79 Å². The van der Waals surface area contributed by atoms with E-state index in [2.05, 4.69) is 12.2 Å². The Balaban J connectivity index is 1.73. The molecule has 1 unspecified atom stereocenters. The van der Waals surface area contributed by atoms with Gasteiger partial charge in [0.1, 0.15) is 5.75 Å². The van der Waals surface area contributed by atoms with E-state index < -0.39 is 6.10 Å². The lowest BCUT2D eigenvalue weighted by atomic mass is 10.1. The van der Waals surface area contributed by atoms with Crippen LogP contribution in [0, 0.1) is 13.8 Å². The monoisotopic (exact) mass is 341 g/mol. The highest BCUT2D eigenvalue weighted by atomic mass is 16.5. The van der Waals surface area contributed by atoms with Crippen LogP contribution in [0.15, 0.2) is 48.5 Å². The molecule has 1 amide bonds. The van der Waals surface area contributed by atoms with Gasteiger partial charge in [-0.05, 0) is 49.1 Å². The lowest BCUT2D eigenvalue weighted by Gasteiger charge is -2.18. The fourth-order valence-corrected chi connectivity index (χ4v) is 2.40. The summed E-state index contributed by atoms with van der Waals surface area (Å²) in [5.74, 6) is 0.620. The van der Waals surface area contributed by atoms with E-state index in [0.29, 0.717) is 26.2 Å². The summed E-state index contributed by atoms with van der Waals surface area (Å²) in [4.78, 5) is 12.3. The van der Waals surface area contributed by atoms with Gasteiger partial charge in [0.05, 0.1) is 13.2 Å². The van der Waals surface area contributed by atoms with Gasteiger partial charge in [0.25, 0.3) is 5.91 Å². The van der Waals surface area contributed by atoms with Gasteiger partial charge in [0, 0.05) is 6.54 Å². The number of amides is 1. The van der Waals surface area contributed by atoms with Gasteiger partial charge in [-0.15, -0.1) is 0 Å². The van der Waals surface area contributed by atoms with Crippen LogP contribution in [0.2, 0.25) is 0 Å². The standard InChI is InChI=1S/C21H27NO3/c1-4-20(25-19-11-10-16(2)17(3)14-19)21(23)22-12-13-24-15-18-8-6-5-7-9-18/h5-11,14,20H,4,12-13,15H2,1-3H3,(H,22,23). The molecule has 2 rings (SSSR count). The zero-order chi connectivity index (χ0) is 18.1. The molecule has 0 spiro atoms. The van der Waals surface area contributed by atoms with E-state index in [1.165, 1.54) is 5.56 Å². The Morgan fingerprint density at radius 2 is 1.84 bits per heavy atom. The van der Waals surface area contributed by atoms with Crippen molar-refractivity contribution in [1.82, 2.24) is 5.32 Å². The first kappa shape index (κ1) is 19.0. The van der Waals surface area contributed by atoms with Crippen molar-refractivity contribution in [2.45, 2.75) is 39.9 Å². The summed E-state index contributed by atoms with van der Waals surface area (Å²) in [5.41, 5.74) is 3.49. The number of hydrogen-bond donors (Lipinski definition) is 1. The van der Waals surface area contributed by atoms with E-state index in [-0.39, 0.29) is 5.91 Å². The first-order valence-corrected chi connectivity index (χ1v) is 8.73. The number of carbonyl (C=O) groups is 1. The molecule has 0 fully saturated rings. The normalized spacial score (nSPS) is 11.8. The summed E-state index contributed by atoms with van der Waals surface area (Å²) in [6.07, 6.45) is 0.125. The molecule has 4 nitrogen and oxygen atoms in total. The van der Waals surface area contributed by atoms with Crippen molar-refractivity contribution in [3.63, 3.8) is 0 Å². The van der Waals surface area contributed by atoms with Crippen LogP contribution in [0.3, 0.4) is 0 Å². The Labute approximate surface area is 150 Å². The molecule has 0 saturated carbocycles. The molecule has 2 aromatic carbocycles. The number of ether oxygens (including phenoxy) is 2. The first-order chi connectivity index (χ1) is 12.1. The fraction of sp³-hybridized carbons (Fsp3) is 0.381. The van der Waals surface area contributed by atoms with E-state index in [4.69, 9.17) is 9.47 Å². The minimum atomic E-state index is -0.490. The average Bonchev–Trinajstić information content (AvgIpc) is 2.63. The van der Waals surface area contributed by atoms with E-state index in [1.807, 2.05) is 62.4 Å². The molecule has 134 valence electrons. The van der Waals surface area contributed by atoms with Crippen molar-refractivity contribution in [2.24, 2.45) is 0 Å². The summed E-state index contributed by atoms with van der Waals surface area (Å²) < 4.78 is 11.4. The summed E-state index contributed by atoms with van der Waals surface area (Å²) in [6, 6.07) is 15.9. The van der Waals surface area contributed by atoms with Crippen molar-refractivity contribution in [3.8, 4) is 5.75 Å². The van der Waals surface area contributed by atoms with Crippen LogP contribution in [-0.2, 0) is 16.1 Å². The van der Waals surface area contributed by atoms with Crippen molar-refractivity contribution in [1.29, 1.82) is 0 Å². The molecule has 0 radical (unpaired) electrons. The molecular weight excluding hydrogens is 314 g/mol.